The lowest BCUT2D eigenvalue weighted by atomic mass is 10.1. The number of aliphatic imine (C=N–C) groups is 1. The number of urea groups is 1. The Balaban J connectivity index is 1.79. The Bertz CT molecular complexity index is 616. The van der Waals surface area contributed by atoms with Crippen molar-refractivity contribution in [3.05, 3.63) is 0 Å². The van der Waals surface area contributed by atoms with Crippen LogP contribution in [0.3, 0.4) is 0 Å². The first-order chi connectivity index (χ1) is 12.5. The Morgan fingerprint density at radius 1 is 1.27 bits per heavy atom. The topological polar surface area (TPSA) is 97.8 Å². The first-order valence-corrected chi connectivity index (χ1v) is 8.91. The van der Waals surface area contributed by atoms with Gasteiger partial charge in [0.1, 0.15) is 0 Å². The van der Waals surface area contributed by atoms with Gasteiger partial charge in [0.2, 0.25) is 5.91 Å². The molecule has 2 atom stereocenters. The molecule has 4 amide bonds. The molecule has 3 aliphatic heterocycles. The zero-order chi connectivity index (χ0) is 18.8. The Kier molecular flexibility index (Phi) is 5.30. The number of methoxy groups -OCH3 is 1. The van der Waals surface area contributed by atoms with Crippen LogP contribution < -0.4 is 5.32 Å². The Labute approximate surface area is 152 Å². The number of nitrogens with one attached hydrogen (secondary N) is 1. The lowest BCUT2D eigenvalue weighted by Gasteiger charge is -2.40. The molecule has 3 rings (SSSR count). The number of carbonyl (C=O) groups excluding carboxylic acids is 3. The predicted molar refractivity (Wildman–Crippen MR) is 93.3 cm³/mol. The van der Waals surface area contributed by atoms with Crippen LogP contribution >= 0.6 is 0 Å². The van der Waals surface area contributed by atoms with E-state index in [1.807, 2.05) is 16.7 Å². The van der Waals surface area contributed by atoms with Crippen molar-refractivity contribution in [2.45, 2.75) is 25.6 Å². The van der Waals surface area contributed by atoms with Crippen molar-refractivity contribution in [1.82, 2.24) is 24.9 Å². The number of fused-ring (bicyclic) bond motifs is 1. The van der Waals surface area contributed by atoms with E-state index in [-0.39, 0.29) is 11.8 Å². The molecule has 0 aliphatic carbocycles. The van der Waals surface area contributed by atoms with E-state index in [1.54, 1.807) is 14.2 Å². The number of likely N-dealkylation sites (N-methyl/N-ethyl adjacent to an activating group) is 1. The number of amides is 4. The highest BCUT2D eigenvalue weighted by atomic mass is 16.5. The van der Waals surface area contributed by atoms with Crippen molar-refractivity contribution in [3.63, 3.8) is 0 Å². The highest BCUT2D eigenvalue weighted by molar-refractivity contribution is 6.03. The number of piperazine rings is 1. The molecule has 0 aromatic carbocycles. The fourth-order valence-corrected chi connectivity index (χ4v) is 3.58. The van der Waals surface area contributed by atoms with Crippen molar-refractivity contribution in [2.24, 2.45) is 4.99 Å². The normalized spacial score (nSPS) is 26.0. The quantitative estimate of drug-likeness (QED) is 0.667. The summed E-state index contributed by atoms with van der Waals surface area (Å²) in [7, 11) is 3.24. The maximum Gasteiger partial charge on any atom is 0.325 e. The molecule has 0 radical (unpaired) electrons. The maximum atomic E-state index is 12.4. The van der Waals surface area contributed by atoms with Gasteiger partial charge in [0.15, 0.2) is 18.2 Å². The fraction of sp³-hybridized carbons (Fsp3) is 0.750. The number of hydrogen-bond acceptors (Lipinski definition) is 7. The summed E-state index contributed by atoms with van der Waals surface area (Å²) in [4.78, 5) is 48.2. The molecule has 26 heavy (non-hydrogen) atoms. The molecule has 2 fully saturated rings. The molecular formula is C16H26N6O4. The second-order valence-electron chi connectivity index (χ2n) is 6.60. The molecule has 1 N–H and O–H groups in total. The number of carbonyl (C=O) groups is 3. The third-order valence-corrected chi connectivity index (χ3v) is 5.09. The van der Waals surface area contributed by atoms with E-state index in [0.29, 0.717) is 51.7 Å². The van der Waals surface area contributed by atoms with Gasteiger partial charge in [-0.25, -0.2) is 9.79 Å². The SMILES string of the molecule is CCC(=O)N1CCN(C2=NC3C(C(=O)NC(=O)N3C)N2CCOC)CC1. The maximum absolute atomic E-state index is 12.4. The number of rotatable bonds is 4. The second-order valence-corrected chi connectivity index (χ2v) is 6.60. The molecular weight excluding hydrogens is 340 g/mol. The van der Waals surface area contributed by atoms with Crippen molar-refractivity contribution in [3.8, 4) is 0 Å². The van der Waals surface area contributed by atoms with E-state index in [1.165, 1.54) is 4.90 Å². The minimum atomic E-state index is -0.557. The molecule has 0 aromatic rings. The van der Waals surface area contributed by atoms with Gasteiger partial charge in [-0.1, -0.05) is 6.92 Å². The van der Waals surface area contributed by atoms with Gasteiger partial charge in [-0.15, -0.1) is 0 Å². The zero-order valence-electron chi connectivity index (χ0n) is 15.5. The molecule has 2 saturated heterocycles. The molecule has 2 unspecified atom stereocenters. The van der Waals surface area contributed by atoms with E-state index in [2.05, 4.69) is 10.2 Å². The summed E-state index contributed by atoms with van der Waals surface area (Å²) in [5.41, 5.74) is 0. The highest BCUT2D eigenvalue weighted by Gasteiger charge is 2.49. The third kappa shape index (κ3) is 3.20. The molecule has 3 heterocycles. The molecule has 0 aromatic heterocycles. The van der Waals surface area contributed by atoms with E-state index in [9.17, 15) is 14.4 Å². The van der Waals surface area contributed by atoms with E-state index in [0.717, 1.165) is 0 Å². The molecule has 3 aliphatic rings. The van der Waals surface area contributed by atoms with Gasteiger partial charge in [0.25, 0.3) is 5.91 Å². The van der Waals surface area contributed by atoms with Crippen LogP contribution in [0, 0.1) is 0 Å². The number of hydrogen-bond donors (Lipinski definition) is 1. The summed E-state index contributed by atoms with van der Waals surface area (Å²) in [6, 6.07) is -0.996. The van der Waals surface area contributed by atoms with Crippen molar-refractivity contribution < 1.29 is 19.1 Å². The average molecular weight is 366 g/mol. The standard InChI is InChI=1S/C16H26N6O4/c1-4-11(23)20-5-7-21(8-6-20)15-17-13-12(22(15)9-10-26-3)14(24)18-16(25)19(13)2/h12-13H,4-10H2,1-3H3,(H,18,24,25). The lowest BCUT2D eigenvalue weighted by molar-refractivity contribution is -0.132. The molecule has 0 bridgehead atoms. The predicted octanol–water partition coefficient (Wildman–Crippen LogP) is -1.27. The van der Waals surface area contributed by atoms with Crippen molar-refractivity contribution in [2.75, 3.05) is 53.5 Å². The van der Waals surface area contributed by atoms with Gasteiger partial charge in [-0.05, 0) is 0 Å². The Morgan fingerprint density at radius 3 is 2.58 bits per heavy atom. The van der Waals surface area contributed by atoms with E-state index in [4.69, 9.17) is 9.73 Å². The zero-order valence-corrected chi connectivity index (χ0v) is 15.5. The van der Waals surface area contributed by atoms with Crippen LogP contribution in [0.2, 0.25) is 0 Å². The third-order valence-electron chi connectivity index (χ3n) is 5.09. The largest absolute Gasteiger partial charge is 0.383 e. The van der Waals surface area contributed by atoms with E-state index >= 15 is 0 Å². The molecule has 0 spiro atoms. The molecule has 0 saturated carbocycles. The van der Waals surface area contributed by atoms with Crippen LogP contribution in [0.25, 0.3) is 0 Å². The fourth-order valence-electron chi connectivity index (χ4n) is 3.58. The monoisotopic (exact) mass is 366 g/mol. The summed E-state index contributed by atoms with van der Waals surface area (Å²) in [6.07, 6.45) is -0.0450. The minimum Gasteiger partial charge on any atom is -0.383 e. The van der Waals surface area contributed by atoms with Crippen LogP contribution in [0.1, 0.15) is 13.3 Å². The second kappa shape index (κ2) is 7.48. The van der Waals surface area contributed by atoms with Crippen LogP contribution in [-0.2, 0) is 14.3 Å². The van der Waals surface area contributed by atoms with Gasteiger partial charge in [0.05, 0.1) is 6.61 Å². The summed E-state index contributed by atoms with van der Waals surface area (Å²) in [6.45, 7) is 5.35. The van der Waals surface area contributed by atoms with Crippen LogP contribution in [0.5, 0.6) is 0 Å². The smallest absolute Gasteiger partial charge is 0.325 e. The van der Waals surface area contributed by atoms with Crippen molar-refractivity contribution in [1.29, 1.82) is 0 Å². The molecule has 10 nitrogen and oxygen atoms in total. The summed E-state index contributed by atoms with van der Waals surface area (Å²) < 4.78 is 5.19. The molecule has 10 heteroatoms. The van der Waals surface area contributed by atoms with Gasteiger partial charge in [-0.2, -0.15) is 0 Å². The number of guanidine groups is 1. The van der Waals surface area contributed by atoms with Gasteiger partial charge in [0, 0.05) is 53.3 Å². The number of ether oxygens (including phenoxy) is 1. The lowest BCUT2D eigenvalue weighted by Crippen LogP contribution is -2.65. The van der Waals surface area contributed by atoms with Crippen LogP contribution in [-0.4, -0.2) is 109 Å². The van der Waals surface area contributed by atoms with Gasteiger partial charge in [-0.3, -0.25) is 14.9 Å². The Morgan fingerprint density at radius 2 is 1.96 bits per heavy atom. The first kappa shape index (κ1) is 18.4. The van der Waals surface area contributed by atoms with Crippen molar-refractivity contribution >= 4 is 23.8 Å². The Hall–Kier alpha value is -2.36. The number of imide groups is 1. The highest BCUT2D eigenvalue weighted by Crippen LogP contribution is 2.25. The first-order valence-electron chi connectivity index (χ1n) is 8.91. The molecule has 144 valence electrons. The van der Waals surface area contributed by atoms with Gasteiger partial charge < -0.3 is 24.3 Å². The average Bonchev–Trinajstić information content (AvgIpc) is 3.04. The summed E-state index contributed by atoms with van der Waals surface area (Å²) in [5, 5.41) is 2.38. The van der Waals surface area contributed by atoms with Crippen LogP contribution in [0.4, 0.5) is 4.79 Å². The summed E-state index contributed by atoms with van der Waals surface area (Å²) in [5.74, 6) is 0.498. The number of nitrogens with zero attached hydrogens (tertiary/aromatic N) is 5. The summed E-state index contributed by atoms with van der Waals surface area (Å²) >= 11 is 0. The van der Waals surface area contributed by atoms with E-state index < -0.39 is 18.2 Å². The minimum absolute atomic E-state index is 0.146. The van der Waals surface area contributed by atoms with Crippen LogP contribution in [0.15, 0.2) is 4.99 Å². The van der Waals surface area contributed by atoms with Gasteiger partial charge >= 0.3 is 6.03 Å².